The predicted octanol–water partition coefficient (Wildman–Crippen LogP) is 2.34. The number of carbonyl (C=O) groups excluding carboxylic acids is 1. The Morgan fingerprint density at radius 3 is 3.00 bits per heavy atom. The third-order valence-corrected chi connectivity index (χ3v) is 4.04. The first kappa shape index (κ1) is 12.4. The summed E-state index contributed by atoms with van der Waals surface area (Å²) in [5, 5.41) is 0. The normalized spacial score (nSPS) is 20.5. The number of nitrogens with zero attached hydrogens (tertiary/aromatic N) is 3. The molecule has 4 heteroatoms. The number of carbonyl (C=O) groups is 1. The van der Waals surface area contributed by atoms with Crippen LogP contribution in [0.2, 0.25) is 0 Å². The van der Waals surface area contributed by atoms with Gasteiger partial charge in [0.2, 0.25) is 0 Å². The van der Waals surface area contributed by atoms with Gasteiger partial charge in [-0.2, -0.15) is 0 Å². The van der Waals surface area contributed by atoms with E-state index in [1.807, 2.05) is 24.5 Å². The standard InChI is InChI=1S/C15H19N3O/c1-11(2)17-5-4-13(9-17)15-16-8-14-7-12(10-19)3-6-18(14)15/h3,6-8,10-11,13H,4-5,9H2,1-2H3. The Bertz CT molecular complexity index is 602. The van der Waals surface area contributed by atoms with Gasteiger partial charge in [0.05, 0.1) is 11.7 Å². The fourth-order valence-electron chi connectivity index (χ4n) is 2.88. The molecule has 0 bridgehead atoms. The van der Waals surface area contributed by atoms with Crippen molar-refractivity contribution in [1.82, 2.24) is 14.3 Å². The summed E-state index contributed by atoms with van der Waals surface area (Å²) in [7, 11) is 0. The summed E-state index contributed by atoms with van der Waals surface area (Å²) >= 11 is 0. The number of rotatable bonds is 3. The molecule has 3 rings (SSSR count). The van der Waals surface area contributed by atoms with E-state index < -0.39 is 0 Å². The van der Waals surface area contributed by atoms with E-state index in [2.05, 4.69) is 28.1 Å². The van der Waals surface area contributed by atoms with Crippen LogP contribution in [0.4, 0.5) is 0 Å². The predicted molar refractivity (Wildman–Crippen MR) is 74.6 cm³/mol. The molecule has 1 aliphatic rings. The summed E-state index contributed by atoms with van der Waals surface area (Å²) in [5.41, 5.74) is 1.71. The third kappa shape index (κ3) is 2.16. The summed E-state index contributed by atoms with van der Waals surface area (Å²) in [6.07, 6.45) is 5.86. The molecule has 0 saturated carbocycles. The lowest BCUT2D eigenvalue weighted by Crippen LogP contribution is -2.28. The topological polar surface area (TPSA) is 37.6 Å². The maximum atomic E-state index is 10.8. The lowest BCUT2D eigenvalue weighted by molar-refractivity contribution is 0.112. The Morgan fingerprint density at radius 2 is 2.32 bits per heavy atom. The molecule has 0 radical (unpaired) electrons. The second-order valence-electron chi connectivity index (χ2n) is 5.56. The Hall–Kier alpha value is -1.68. The smallest absolute Gasteiger partial charge is 0.150 e. The number of fused-ring (bicyclic) bond motifs is 1. The summed E-state index contributed by atoms with van der Waals surface area (Å²) in [6, 6.07) is 4.33. The van der Waals surface area contributed by atoms with Crippen LogP contribution in [0.25, 0.3) is 5.52 Å². The van der Waals surface area contributed by atoms with Gasteiger partial charge in [-0.15, -0.1) is 0 Å². The molecule has 0 aromatic carbocycles. The minimum absolute atomic E-state index is 0.493. The van der Waals surface area contributed by atoms with Gasteiger partial charge in [-0.05, 0) is 38.9 Å². The van der Waals surface area contributed by atoms with E-state index in [9.17, 15) is 4.79 Å². The van der Waals surface area contributed by atoms with Crippen LogP contribution >= 0.6 is 0 Å². The highest BCUT2D eigenvalue weighted by Crippen LogP contribution is 2.28. The Balaban J connectivity index is 1.92. The van der Waals surface area contributed by atoms with Crippen molar-refractivity contribution in [2.45, 2.75) is 32.2 Å². The summed E-state index contributed by atoms with van der Waals surface area (Å²) < 4.78 is 2.11. The average Bonchev–Trinajstić information content (AvgIpc) is 3.03. The van der Waals surface area contributed by atoms with Gasteiger partial charge in [-0.1, -0.05) is 0 Å². The monoisotopic (exact) mass is 257 g/mol. The van der Waals surface area contributed by atoms with Crippen molar-refractivity contribution in [3.63, 3.8) is 0 Å². The minimum Gasteiger partial charge on any atom is -0.303 e. The van der Waals surface area contributed by atoms with Crippen molar-refractivity contribution in [1.29, 1.82) is 0 Å². The lowest BCUT2D eigenvalue weighted by atomic mass is 10.1. The van der Waals surface area contributed by atoms with Crippen LogP contribution in [0.1, 0.15) is 42.4 Å². The van der Waals surface area contributed by atoms with Crippen LogP contribution in [-0.4, -0.2) is 39.7 Å². The first-order chi connectivity index (χ1) is 9.19. The highest BCUT2D eigenvalue weighted by molar-refractivity contribution is 5.77. The SMILES string of the molecule is CC(C)N1CCC(c2ncc3cc(C=O)ccn23)C1. The van der Waals surface area contributed by atoms with Gasteiger partial charge in [0.25, 0.3) is 0 Å². The maximum Gasteiger partial charge on any atom is 0.150 e. The number of imidazole rings is 1. The highest BCUT2D eigenvalue weighted by Gasteiger charge is 2.28. The first-order valence-corrected chi connectivity index (χ1v) is 6.85. The van der Waals surface area contributed by atoms with Crippen LogP contribution in [-0.2, 0) is 0 Å². The summed E-state index contributed by atoms with van der Waals surface area (Å²) in [5.74, 6) is 1.61. The van der Waals surface area contributed by atoms with Gasteiger partial charge in [-0.3, -0.25) is 4.79 Å². The maximum absolute atomic E-state index is 10.8. The molecule has 19 heavy (non-hydrogen) atoms. The number of likely N-dealkylation sites (tertiary alicyclic amines) is 1. The largest absolute Gasteiger partial charge is 0.303 e. The van der Waals surface area contributed by atoms with E-state index >= 15 is 0 Å². The fraction of sp³-hybridized carbons (Fsp3) is 0.467. The fourth-order valence-corrected chi connectivity index (χ4v) is 2.88. The van der Waals surface area contributed by atoms with Crippen LogP contribution in [0.5, 0.6) is 0 Å². The van der Waals surface area contributed by atoms with Crippen molar-refractivity contribution >= 4 is 11.8 Å². The van der Waals surface area contributed by atoms with E-state index in [1.165, 1.54) is 0 Å². The zero-order chi connectivity index (χ0) is 13.4. The molecule has 0 spiro atoms. The third-order valence-electron chi connectivity index (χ3n) is 4.04. The minimum atomic E-state index is 0.493. The molecule has 2 aromatic rings. The highest BCUT2D eigenvalue weighted by atomic mass is 16.1. The van der Waals surface area contributed by atoms with Gasteiger partial charge in [0.15, 0.2) is 0 Å². The molecule has 100 valence electrons. The average molecular weight is 257 g/mol. The van der Waals surface area contributed by atoms with Crippen molar-refractivity contribution in [3.8, 4) is 0 Å². The molecule has 0 amide bonds. The van der Waals surface area contributed by atoms with Crippen molar-refractivity contribution in [2.24, 2.45) is 0 Å². The number of hydrogen-bond acceptors (Lipinski definition) is 3. The first-order valence-electron chi connectivity index (χ1n) is 6.85. The molecule has 1 atom stereocenters. The van der Waals surface area contributed by atoms with E-state index in [0.29, 0.717) is 17.5 Å². The molecule has 4 nitrogen and oxygen atoms in total. The van der Waals surface area contributed by atoms with Crippen molar-refractivity contribution < 1.29 is 4.79 Å². The van der Waals surface area contributed by atoms with Crippen LogP contribution in [0.3, 0.4) is 0 Å². The van der Waals surface area contributed by atoms with E-state index in [1.54, 1.807) is 0 Å². The zero-order valence-electron chi connectivity index (χ0n) is 11.4. The molecular weight excluding hydrogens is 238 g/mol. The number of aromatic nitrogens is 2. The van der Waals surface area contributed by atoms with Crippen molar-refractivity contribution in [2.75, 3.05) is 13.1 Å². The molecule has 1 fully saturated rings. The van der Waals surface area contributed by atoms with E-state index in [0.717, 1.165) is 37.1 Å². The zero-order valence-corrected chi connectivity index (χ0v) is 11.4. The molecule has 2 aromatic heterocycles. The number of pyridine rings is 1. The van der Waals surface area contributed by atoms with E-state index in [-0.39, 0.29) is 0 Å². The molecule has 1 saturated heterocycles. The Labute approximate surface area is 113 Å². The second-order valence-corrected chi connectivity index (χ2v) is 5.56. The number of aldehydes is 1. The van der Waals surface area contributed by atoms with Crippen molar-refractivity contribution in [3.05, 3.63) is 35.9 Å². The number of hydrogen-bond donors (Lipinski definition) is 0. The van der Waals surface area contributed by atoms with Gasteiger partial charge >= 0.3 is 0 Å². The van der Waals surface area contributed by atoms with Crippen LogP contribution in [0.15, 0.2) is 24.5 Å². The molecule has 0 aliphatic carbocycles. The van der Waals surface area contributed by atoms with Gasteiger partial charge in [0, 0.05) is 30.3 Å². The Kier molecular flexibility index (Phi) is 3.11. The summed E-state index contributed by atoms with van der Waals surface area (Å²) in [4.78, 5) is 17.9. The molecule has 1 unspecified atom stereocenters. The van der Waals surface area contributed by atoms with Gasteiger partial charge in [0.1, 0.15) is 12.1 Å². The molecule has 3 heterocycles. The van der Waals surface area contributed by atoms with Crippen LogP contribution in [0, 0.1) is 0 Å². The molecular formula is C15H19N3O. The second kappa shape index (κ2) is 4.78. The summed E-state index contributed by atoms with van der Waals surface area (Å²) in [6.45, 7) is 6.70. The molecule has 1 aliphatic heterocycles. The van der Waals surface area contributed by atoms with Gasteiger partial charge in [-0.25, -0.2) is 4.98 Å². The Morgan fingerprint density at radius 1 is 1.47 bits per heavy atom. The lowest BCUT2D eigenvalue weighted by Gasteiger charge is -2.19. The van der Waals surface area contributed by atoms with Gasteiger partial charge < -0.3 is 9.30 Å². The van der Waals surface area contributed by atoms with E-state index in [4.69, 9.17) is 0 Å². The quantitative estimate of drug-likeness (QED) is 0.792. The molecule has 0 N–H and O–H groups in total. The van der Waals surface area contributed by atoms with Crippen LogP contribution < -0.4 is 0 Å².